The maximum absolute atomic E-state index is 12.1. The fraction of sp³-hybridized carbons (Fsp3) is 0.389. The molecule has 24 heavy (non-hydrogen) atoms. The summed E-state index contributed by atoms with van der Waals surface area (Å²) in [6.07, 6.45) is 0. The van der Waals surface area contributed by atoms with Crippen molar-refractivity contribution in [3.8, 4) is 0 Å². The van der Waals surface area contributed by atoms with Gasteiger partial charge in [0.15, 0.2) is 0 Å². The molecule has 1 aliphatic rings. The number of urea groups is 1. The smallest absolute Gasteiger partial charge is 0.319 e. The topological polar surface area (TPSA) is 66.7 Å². The number of carbonyl (C=O) groups excluding carboxylic acids is 1. The minimum absolute atomic E-state index is 0.00382. The molecule has 1 aliphatic heterocycles. The van der Waals surface area contributed by atoms with Crippen LogP contribution in [-0.4, -0.2) is 43.8 Å². The average Bonchev–Trinajstić information content (AvgIpc) is 3.03. The van der Waals surface area contributed by atoms with Gasteiger partial charge in [-0.3, -0.25) is 4.90 Å². The summed E-state index contributed by atoms with van der Waals surface area (Å²) >= 11 is 0. The number of anilines is 1. The molecule has 0 bridgehead atoms. The van der Waals surface area contributed by atoms with Crippen molar-refractivity contribution in [2.45, 2.75) is 13.0 Å². The van der Waals surface area contributed by atoms with Gasteiger partial charge in [0.05, 0.1) is 19.3 Å². The molecular weight excluding hydrogens is 306 g/mol. The maximum atomic E-state index is 12.1. The third-order valence-electron chi connectivity index (χ3n) is 4.06. The van der Waals surface area contributed by atoms with E-state index in [9.17, 15) is 4.79 Å². The molecule has 0 radical (unpaired) electrons. The van der Waals surface area contributed by atoms with E-state index in [1.165, 1.54) is 0 Å². The van der Waals surface area contributed by atoms with E-state index in [4.69, 9.17) is 9.15 Å². The minimum atomic E-state index is -0.220. The van der Waals surface area contributed by atoms with Gasteiger partial charge in [-0.05, 0) is 31.2 Å². The van der Waals surface area contributed by atoms with Crippen LogP contribution in [0.15, 0.2) is 46.9 Å². The molecule has 2 N–H and O–H groups in total. The van der Waals surface area contributed by atoms with E-state index in [0.717, 1.165) is 30.3 Å². The monoisotopic (exact) mass is 329 g/mol. The number of rotatable bonds is 5. The second-order valence-corrected chi connectivity index (χ2v) is 5.81. The molecule has 2 aromatic rings. The first kappa shape index (κ1) is 16.5. The summed E-state index contributed by atoms with van der Waals surface area (Å²) in [5.74, 6) is 1.74. The second-order valence-electron chi connectivity index (χ2n) is 5.81. The first-order valence-electron chi connectivity index (χ1n) is 8.20. The lowest BCUT2D eigenvalue weighted by molar-refractivity contribution is 0.0122. The van der Waals surface area contributed by atoms with Crippen molar-refractivity contribution in [3.05, 3.63) is 54.0 Å². The van der Waals surface area contributed by atoms with E-state index < -0.39 is 0 Å². The third kappa shape index (κ3) is 4.37. The highest BCUT2D eigenvalue weighted by Gasteiger charge is 2.25. The van der Waals surface area contributed by atoms with Crippen molar-refractivity contribution in [2.24, 2.45) is 0 Å². The van der Waals surface area contributed by atoms with E-state index in [2.05, 4.69) is 15.5 Å². The Morgan fingerprint density at radius 2 is 1.92 bits per heavy atom. The van der Waals surface area contributed by atoms with Crippen LogP contribution in [0.25, 0.3) is 0 Å². The predicted molar refractivity (Wildman–Crippen MR) is 92.0 cm³/mol. The van der Waals surface area contributed by atoms with Crippen LogP contribution < -0.4 is 10.6 Å². The average molecular weight is 329 g/mol. The zero-order valence-corrected chi connectivity index (χ0v) is 13.8. The first-order valence-corrected chi connectivity index (χ1v) is 8.20. The molecule has 0 unspecified atom stereocenters. The van der Waals surface area contributed by atoms with Gasteiger partial charge >= 0.3 is 6.03 Å². The van der Waals surface area contributed by atoms with Gasteiger partial charge in [-0.2, -0.15) is 0 Å². The van der Waals surface area contributed by atoms with Gasteiger partial charge in [-0.15, -0.1) is 0 Å². The highest BCUT2D eigenvalue weighted by atomic mass is 16.5. The molecule has 1 aromatic heterocycles. The van der Waals surface area contributed by atoms with Crippen LogP contribution in [0.3, 0.4) is 0 Å². The van der Waals surface area contributed by atoms with E-state index in [1.807, 2.05) is 49.4 Å². The number of aryl methyl sites for hydroxylation is 1. The number of hydrogen-bond donors (Lipinski definition) is 2. The van der Waals surface area contributed by atoms with E-state index in [0.29, 0.717) is 19.8 Å². The van der Waals surface area contributed by atoms with Gasteiger partial charge in [0.2, 0.25) is 0 Å². The van der Waals surface area contributed by atoms with E-state index in [1.54, 1.807) is 0 Å². The van der Waals surface area contributed by atoms with Gasteiger partial charge < -0.3 is 19.8 Å². The van der Waals surface area contributed by atoms with Crippen LogP contribution in [-0.2, 0) is 4.74 Å². The van der Waals surface area contributed by atoms with Crippen molar-refractivity contribution >= 4 is 11.7 Å². The molecule has 2 amide bonds. The Morgan fingerprint density at radius 3 is 2.58 bits per heavy atom. The first-order chi connectivity index (χ1) is 11.7. The minimum Gasteiger partial charge on any atom is -0.465 e. The fourth-order valence-corrected chi connectivity index (χ4v) is 2.82. The zero-order valence-electron chi connectivity index (χ0n) is 13.8. The van der Waals surface area contributed by atoms with Crippen LogP contribution in [0.1, 0.15) is 17.6 Å². The predicted octanol–water partition coefficient (Wildman–Crippen LogP) is 2.78. The summed E-state index contributed by atoms with van der Waals surface area (Å²) in [5, 5.41) is 5.78. The molecule has 0 saturated carbocycles. The number of furan rings is 1. The number of hydrogen-bond acceptors (Lipinski definition) is 4. The molecule has 3 rings (SSSR count). The normalized spacial score (nSPS) is 16.5. The van der Waals surface area contributed by atoms with Crippen molar-refractivity contribution in [1.29, 1.82) is 0 Å². The summed E-state index contributed by atoms with van der Waals surface area (Å²) in [6.45, 7) is 5.46. The lowest BCUT2D eigenvalue weighted by Gasteiger charge is -2.33. The van der Waals surface area contributed by atoms with Crippen molar-refractivity contribution in [1.82, 2.24) is 10.2 Å². The molecule has 1 atom stereocenters. The Balaban J connectivity index is 1.62. The number of ether oxygens (including phenoxy) is 1. The van der Waals surface area contributed by atoms with Crippen LogP contribution in [0, 0.1) is 6.92 Å². The number of morpholine rings is 1. The van der Waals surface area contributed by atoms with Crippen LogP contribution >= 0.6 is 0 Å². The lowest BCUT2D eigenvalue weighted by atomic mass is 10.1. The fourth-order valence-electron chi connectivity index (χ4n) is 2.82. The Kier molecular flexibility index (Phi) is 5.51. The standard InChI is InChI=1S/C18H23N3O3/c1-14-7-8-17(24-14)16(21-9-11-23-12-10-21)13-19-18(22)20-15-5-3-2-4-6-15/h2-8,16H,9-13H2,1H3,(H2,19,20,22)/t16-/m1/s1. The van der Waals surface area contributed by atoms with Gasteiger partial charge in [-0.25, -0.2) is 4.79 Å². The Bertz CT molecular complexity index is 651. The summed E-state index contributed by atoms with van der Waals surface area (Å²) in [5.41, 5.74) is 0.770. The molecule has 1 saturated heterocycles. The highest BCUT2D eigenvalue weighted by Crippen LogP contribution is 2.23. The van der Waals surface area contributed by atoms with Gasteiger partial charge in [0, 0.05) is 25.3 Å². The molecule has 0 aliphatic carbocycles. The number of amides is 2. The summed E-state index contributed by atoms with van der Waals surface area (Å²) in [4.78, 5) is 14.4. The number of nitrogens with one attached hydrogen (secondary N) is 2. The molecule has 6 nitrogen and oxygen atoms in total. The van der Waals surface area contributed by atoms with E-state index >= 15 is 0 Å². The quantitative estimate of drug-likeness (QED) is 0.885. The molecule has 2 heterocycles. The maximum Gasteiger partial charge on any atom is 0.319 e. The summed E-state index contributed by atoms with van der Waals surface area (Å²) in [6, 6.07) is 13.1. The SMILES string of the molecule is Cc1ccc([C@@H](CNC(=O)Nc2ccccc2)N2CCOCC2)o1. The van der Waals surface area contributed by atoms with Crippen LogP contribution in [0.4, 0.5) is 10.5 Å². The number of para-hydroxylation sites is 1. The summed E-state index contributed by atoms with van der Waals surface area (Å²) < 4.78 is 11.2. The lowest BCUT2D eigenvalue weighted by Crippen LogP contribution is -2.44. The molecule has 1 fully saturated rings. The van der Waals surface area contributed by atoms with Crippen molar-refractivity contribution in [3.63, 3.8) is 0 Å². The second kappa shape index (κ2) is 7.99. The highest BCUT2D eigenvalue weighted by molar-refractivity contribution is 5.89. The Labute approximate surface area is 141 Å². The molecule has 1 aromatic carbocycles. The third-order valence-corrected chi connectivity index (χ3v) is 4.06. The van der Waals surface area contributed by atoms with Gasteiger partial charge in [0.25, 0.3) is 0 Å². The van der Waals surface area contributed by atoms with Crippen molar-refractivity contribution < 1.29 is 13.9 Å². The molecule has 6 heteroatoms. The number of nitrogens with zero attached hydrogens (tertiary/aromatic N) is 1. The summed E-state index contributed by atoms with van der Waals surface area (Å²) in [7, 11) is 0. The number of carbonyl (C=O) groups is 1. The van der Waals surface area contributed by atoms with Crippen LogP contribution in [0.5, 0.6) is 0 Å². The Morgan fingerprint density at radius 1 is 1.17 bits per heavy atom. The largest absolute Gasteiger partial charge is 0.465 e. The molecule has 128 valence electrons. The number of benzene rings is 1. The molecule has 0 spiro atoms. The van der Waals surface area contributed by atoms with Gasteiger partial charge in [0.1, 0.15) is 11.5 Å². The van der Waals surface area contributed by atoms with E-state index in [-0.39, 0.29) is 12.1 Å². The van der Waals surface area contributed by atoms with Gasteiger partial charge in [-0.1, -0.05) is 18.2 Å². The molecular formula is C18H23N3O3. The zero-order chi connectivity index (χ0) is 16.8. The van der Waals surface area contributed by atoms with Crippen LogP contribution in [0.2, 0.25) is 0 Å². The van der Waals surface area contributed by atoms with Crippen molar-refractivity contribution in [2.75, 3.05) is 38.2 Å². The Hall–Kier alpha value is -2.31.